The second-order valence-electron chi connectivity index (χ2n) is 4.15. The van der Waals surface area contributed by atoms with E-state index in [2.05, 4.69) is 5.32 Å². The Hall–Kier alpha value is -2.08. The predicted octanol–water partition coefficient (Wildman–Crippen LogP) is 1.24. The van der Waals surface area contributed by atoms with Crippen LogP contribution >= 0.6 is 11.6 Å². The number of hydrogen-bond acceptors (Lipinski definition) is 3. The highest BCUT2D eigenvalue weighted by atomic mass is 35.5. The molecule has 2 rings (SSSR count). The molecule has 19 heavy (non-hydrogen) atoms. The molecular formula is C12H11ClN2O4. The summed E-state index contributed by atoms with van der Waals surface area (Å²) >= 11 is 5.74. The van der Waals surface area contributed by atoms with Crippen LogP contribution in [0.25, 0.3) is 0 Å². The molecule has 100 valence electrons. The second-order valence-corrected chi connectivity index (χ2v) is 4.59. The van der Waals surface area contributed by atoms with E-state index in [1.165, 1.54) is 0 Å². The van der Waals surface area contributed by atoms with E-state index >= 15 is 0 Å². The molecule has 0 saturated carbocycles. The van der Waals surface area contributed by atoms with Crippen molar-refractivity contribution in [2.75, 3.05) is 0 Å². The van der Waals surface area contributed by atoms with Crippen molar-refractivity contribution in [2.24, 2.45) is 0 Å². The van der Waals surface area contributed by atoms with Crippen LogP contribution in [-0.2, 0) is 16.1 Å². The number of nitrogens with one attached hydrogen (secondary N) is 1. The molecule has 0 bridgehead atoms. The Morgan fingerprint density at radius 3 is 2.53 bits per heavy atom. The fourth-order valence-corrected chi connectivity index (χ4v) is 1.94. The number of carboxylic acids is 1. The van der Waals surface area contributed by atoms with Gasteiger partial charge in [-0.25, -0.2) is 4.79 Å². The summed E-state index contributed by atoms with van der Waals surface area (Å²) in [6, 6.07) is 5.15. The molecule has 0 spiro atoms. The lowest BCUT2D eigenvalue weighted by Gasteiger charge is -2.12. The molecule has 1 atom stereocenters. The Balaban J connectivity index is 2.08. The topological polar surface area (TPSA) is 86.7 Å². The van der Waals surface area contributed by atoms with Crippen molar-refractivity contribution >= 4 is 29.5 Å². The van der Waals surface area contributed by atoms with Gasteiger partial charge in [0.2, 0.25) is 0 Å². The molecule has 0 radical (unpaired) electrons. The molecule has 2 N–H and O–H groups in total. The molecule has 1 fully saturated rings. The monoisotopic (exact) mass is 282 g/mol. The van der Waals surface area contributed by atoms with Gasteiger partial charge in [-0.1, -0.05) is 23.7 Å². The number of nitrogens with zero attached hydrogens (tertiary/aromatic N) is 1. The molecule has 0 aromatic heterocycles. The Morgan fingerprint density at radius 1 is 1.32 bits per heavy atom. The van der Waals surface area contributed by atoms with Crippen LogP contribution in [0.3, 0.4) is 0 Å². The van der Waals surface area contributed by atoms with Crippen molar-refractivity contribution in [2.45, 2.75) is 19.0 Å². The minimum absolute atomic E-state index is 0.0952. The van der Waals surface area contributed by atoms with E-state index in [0.717, 1.165) is 10.5 Å². The van der Waals surface area contributed by atoms with Gasteiger partial charge in [0.25, 0.3) is 5.91 Å². The summed E-state index contributed by atoms with van der Waals surface area (Å²) in [5.74, 6) is -1.66. The number of carbonyl (C=O) groups excluding carboxylic acids is 2. The predicted molar refractivity (Wildman–Crippen MR) is 66.6 cm³/mol. The van der Waals surface area contributed by atoms with Crippen molar-refractivity contribution in [3.63, 3.8) is 0 Å². The smallest absolute Gasteiger partial charge is 0.325 e. The highest BCUT2D eigenvalue weighted by Crippen LogP contribution is 2.16. The van der Waals surface area contributed by atoms with E-state index in [1.54, 1.807) is 24.3 Å². The first-order chi connectivity index (χ1) is 8.97. The lowest BCUT2D eigenvalue weighted by atomic mass is 10.2. The van der Waals surface area contributed by atoms with Gasteiger partial charge in [-0.3, -0.25) is 14.5 Å². The normalized spacial score (nSPS) is 18.6. The number of carboxylic acid groups (broad SMARTS) is 1. The van der Waals surface area contributed by atoms with Crippen LogP contribution in [0.15, 0.2) is 24.3 Å². The van der Waals surface area contributed by atoms with Crippen LogP contribution in [0.5, 0.6) is 0 Å². The average molecular weight is 283 g/mol. The quantitative estimate of drug-likeness (QED) is 0.813. The number of amides is 3. The van der Waals surface area contributed by atoms with Crippen molar-refractivity contribution in [1.29, 1.82) is 0 Å². The molecular weight excluding hydrogens is 272 g/mol. The Kier molecular flexibility index (Phi) is 3.71. The first kappa shape index (κ1) is 13.4. The fraction of sp³-hybridized carbons (Fsp3) is 0.250. The largest absolute Gasteiger partial charge is 0.481 e. The highest BCUT2D eigenvalue weighted by Gasteiger charge is 2.38. The van der Waals surface area contributed by atoms with Gasteiger partial charge in [-0.05, 0) is 17.7 Å². The zero-order chi connectivity index (χ0) is 14.0. The van der Waals surface area contributed by atoms with Crippen LogP contribution in [0.1, 0.15) is 12.0 Å². The number of rotatable bonds is 4. The number of aliphatic carboxylic acids is 1. The standard InChI is InChI=1S/C12H11ClN2O4/c13-8-3-1-7(2-4-8)6-15-11(18)9(5-10(16)17)14-12(15)19/h1-4,9H,5-6H2,(H,14,19)(H,16,17). The molecule has 6 nitrogen and oxygen atoms in total. The van der Waals surface area contributed by atoms with E-state index in [1.807, 2.05) is 0 Å². The lowest BCUT2D eigenvalue weighted by Crippen LogP contribution is -2.32. The van der Waals surface area contributed by atoms with Crippen LogP contribution in [0.2, 0.25) is 5.02 Å². The Morgan fingerprint density at radius 2 is 1.95 bits per heavy atom. The highest BCUT2D eigenvalue weighted by molar-refractivity contribution is 6.30. The van der Waals surface area contributed by atoms with Crippen molar-refractivity contribution in [1.82, 2.24) is 10.2 Å². The van der Waals surface area contributed by atoms with E-state index < -0.39 is 30.4 Å². The summed E-state index contributed by atoms with van der Waals surface area (Å²) in [5.41, 5.74) is 0.740. The van der Waals surface area contributed by atoms with Crippen LogP contribution in [0, 0.1) is 0 Å². The van der Waals surface area contributed by atoms with Crippen molar-refractivity contribution in [3.8, 4) is 0 Å². The van der Waals surface area contributed by atoms with Gasteiger partial charge in [0.05, 0.1) is 13.0 Å². The molecule has 3 amide bonds. The number of imide groups is 1. The van der Waals surface area contributed by atoms with Gasteiger partial charge < -0.3 is 10.4 Å². The van der Waals surface area contributed by atoms with E-state index in [4.69, 9.17) is 16.7 Å². The van der Waals surface area contributed by atoms with Gasteiger partial charge in [0.1, 0.15) is 6.04 Å². The molecule has 1 aliphatic heterocycles. The Labute approximate surface area is 114 Å². The first-order valence-corrected chi connectivity index (χ1v) is 5.93. The molecule has 1 saturated heterocycles. The zero-order valence-corrected chi connectivity index (χ0v) is 10.6. The van der Waals surface area contributed by atoms with E-state index in [0.29, 0.717) is 5.02 Å². The summed E-state index contributed by atoms with van der Waals surface area (Å²) in [6.45, 7) is 0.0952. The third-order valence-electron chi connectivity index (χ3n) is 2.74. The second kappa shape index (κ2) is 5.27. The minimum atomic E-state index is -1.13. The number of hydrogen-bond donors (Lipinski definition) is 2. The number of benzene rings is 1. The Bertz CT molecular complexity index is 529. The van der Waals surface area contributed by atoms with E-state index in [-0.39, 0.29) is 6.54 Å². The molecule has 1 heterocycles. The minimum Gasteiger partial charge on any atom is -0.481 e. The molecule has 1 aromatic rings. The summed E-state index contributed by atoms with van der Waals surface area (Å²) in [4.78, 5) is 35.1. The maximum absolute atomic E-state index is 11.9. The molecule has 7 heteroatoms. The maximum Gasteiger partial charge on any atom is 0.325 e. The van der Waals surface area contributed by atoms with Crippen LogP contribution in [-0.4, -0.2) is 34.0 Å². The maximum atomic E-state index is 11.9. The van der Waals surface area contributed by atoms with Crippen molar-refractivity contribution in [3.05, 3.63) is 34.9 Å². The molecule has 1 aromatic carbocycles. The summed E-state index contributed by atoms with van der Waals surface area (Å²) in [5, 5.41) is 11.6. The molecule has 0 aliphatic carbocycles. The van der Waals surface area contributed by atoms with Crippen LogP contribution in [0.4, 0.5) is 4.79 Å². The van der Waals surface area contributed by atoms with Crippen molar-refractivity contribution < 1.29 is 19.5 Å². The number of urea groups is 1. The van der Waals surface area contributed by atoms with Gasteiger partial charge in [-0.15, -0.1) is 0 Å². The number of halogens is 1. The summed E-state index contributed by atoms with van der Waals surface area (Å²) < 4.78 is 0. The summed E-state index contributed by atoms with van der Waals surface area (Å²) in [6.07, 6.45) is -0.415. The molecule has 1 unspecified atom stereocenters. The third kappa shape index (κ3) is 3.03. The van der Waals surface area contributed by atoms with Crippen LogP contribution < -0.4 is 5.32 Å². The number of carbonyl (C=O) groups is 3. The zero-order valence-electron chi connectivity index (χ0n) is 9.80. The van der Waals surface area contributed by atoms with Gasteiger partial charge in [0, 0.05) is 5.02 Å². The summed E-state index contributed by atoms with van der Waals surface area (Å²) in [7, 11) is 0. The lowest BCUT2D eigenvalue weighted by molar-refractivity contribution is -0.140. The average Bonchev–Trinajstić information content (AvgIpc) is 2.59. The van der Waals surface area contributed by atoms with Gasteiger partial charge >= 0.3 is 12.0 Å². The first-order valence-electron chi connectivity index (χ1n) is 5.55. The van der Waals surface area contributed by atoms with Gasteiger partial charge in [-0.2, -0.15) is 0 Å². The SMILES string of the molecule is O=C(O)CC1NC(=O)N(Cc2ccc(Cl)cc2)C1=O. The van der Waals surface area contributed by atoms with Gasteiger partial charge in [0.15, 0.2) is 0 Å². The third-order valence-corrected chi connectivity index (χ3v) is 2.99. The van der Waals surface area contributed by atoms with E-state index in [9.17, 15) is 14.4 Å². The molecule has 1 aliphatic rings. The fourth-order valence-electron chi connectivity index (χ4n) is 1.81.